The maximum atomic E-state index is 4.61. The number of hydrogen-bond acceptors (Lipinski definition) is 2. The van der Waals surface area contributed by atoms with Gasteiger partial charge in [0, 0.05) is 17.3 Å². The average molecular weight is 248 g/mol. The van der Waals surface area contributed by atoms with Gasteiger partial charge in [0.1, 0.15) is 0 Å². The van der Waals surface area contributed by atoms with Crippen molar-refractivity contribution < 1.29 is 0 Å². The summed E-state index contributed by atoms with van der Waals surface area (Å²) in [5.41, 5.74) is 7.61. The van der Waals surface area contributed by atoms with Gasteiger partial charge >= 0.3 is 0 Å². The number of fused-ring (bicyclic) bond motifs is 1. The van der Waals surface area contributed by atoms with Gasteiger partial charge in [-0.2, -0.15) is 5.10 Å². The summed E-state index contributed by atoms with van der Waals surface area (Å²) in [6.07, 6.45) is 8.07. The molecule has 2 aliphatic rings. The van der Waals surface area contributed by atoms with Crippen molar-refractivity contribution in [3.63, 3.8) is 0 Å². The standard InChI is InChI=1S/C16H28N2/c1-5-13-7-6-8-15-14(10-9-13)12(4)17-18-16(15)11(2)3/h11,13,15,17H,5-10H2,1-4H3. The summed E-state index contributed by atoms with van der Waals surface area (Å²) in [7, 11) is 0. The highest BCUT2D eigenvalue weighted by molar-refractivity contribution is 5.91. The predicted molar refractivity (Wildman–Crippen MR) is 78.5 cm³/mol. The summed E-state index contributed by atoms with van der Waals surface area (Å²) in [5, 5.41) is 4.61. The molecule has 0 aromatic carbocycles. The second-order valence-corrected chi connectivity index (χ2v) is 6.25. The number of nitrogens with one attached hydrogen (secondary N) is 1. The molecular weight excluding hydrogens is 220 g/mol. The molecule has 1 N–H and O–H groups in total. The van der Waals surface area contributed by atoms with Crippen LogP contribution in [0.4, 0.5) is 0 Å². The second kappa shape index (κ2) is 5.90. The van der Waals surface area contributed by atoms with E-state index in [9.17, 15) is 0 Å². The highest BCUT2D eigenvalue weighted by Gasteiger charge is 2.29. The lowest BCUT2D eigenvalue weighted by Crippen LogP contribution is -2.32. The molecule has 1 aliphatic heterocycles. The van der Waals surface area contributed by atoms with Crippen LogP contribution in [0.15, 0.2) is 16.4 Å². The number of allylic oxidation sites excluding steroid dienone is 2. The number of nitrogens with zero attached hydrogens (tertiary/aromatic N) is 1. The molecule has 2 unspecified atom stereocenters. The normalized spacial score (nSPS) is 29.3. The van der Waals surface area contributed by atoms with Crippen LogP contribution in [-0.2, 0) is 0 Å². The SMILES string of the molecule is CCC1CCCC2C(C(C)C)=NNC(C)=C2CC1. The topological polar surface area (TPSA) is 24.4 Å². The van der Waals surface area contributed by atoms with Crippen molar-refractivity contribution in [1.82, 2.24) is 5.43 Å². The van der Waals surface area contributed by atoms with Crippen molar-refractivity contribution in [2.24, 2.45) is 22.9 Å². The Kier molecular flexibility index (Phi) is 4.47. The molecule has 1 aliphatic carbocycles. The van der Waals surface area contributed by atoms with Gasteiger partial charge in [0.2, 0.25) is 0 Å². The van der Waals surface area contributed by atoms with Crippen molar-refractivity contribution in [2.45, 2.75) is 66.2 Å². The van der Waals surface area contributed by atoms with Crippen LogP contribution in [0.2, 0.25) is 0 Å². The maximum absolute atomic E-state index is 4.61. The third kappa shape index (κ3) is 2.78. The summed E-state index contributed by atoms with van der Waals surface area (Å²) in [6, 6.07) is 0. The molecule has 102 valence electrons. The first-order valence-electron chi connectivity index (χ1n) is 7.66. The first-order chi connectivity index (χ1) is 8.63. The molecule has 0 amide bonds. The van der Waals surface area contributed by atoms with Gasteiger partial charge in [0.05, 0.1) is 0 Å². The van der Waals surface area contributed by atoms with Gasteiger partial charge in [-0.1, -0.05) is 40.0 Å². The van der Waals surface area contributed by atoms with Crippen molar-refractivity contribution >= 4 is 5.71 Å². The van der Waals surface area contributed by atoms with E-state index in [4.69, 9.17) is 0 Å². The van der Waals surface area contributed by atoms with E-state index < -0.39 is 0 Å². The minimum atomic E-state index is 0.562. The Morgan fingerprint density at radius 2 is 2.06 bits per heavy atom. The number of rotatable bonds is 2. The molecule has 0 saturated heterocycles. The van der Waals surface area contributed by atoms with E-state index in [0.29, 0.717) is 11.8 Å². The van der Waals surface area contributed by atoms with E-state index in [2.05, 4.69) is 38.2 Å². The average Bonchev–Trinajstić information content (AvgIpc) is 2.30. The lowest BCUT2D eigenvalue weighted by Gasteiger charge is -2.33. The van der Waals surface area contributed by atoms with Crippen LogP contribution in [0.3, 0.4) is 0 Å². The summed E-state index contributed by atoms with van der Waals surface area (Å²) in [5.74, 6) is 2.13. The molecule has 2 rings (SSSR count). The summed E-state index contributed by atoms with van der Waals surface area (Å²) >= 11 is 0. The van der Waals surface area contributed by atoms with Crippen LogP contribution < -0.4 is 5.43 Å². The molecule has 1 fully saturated rings. The third-order valence-corrected chi connectivity index (χ3v) is 4.71. The van der Waals surface area contributed by atoms with E-state index in [1.807, 2.05) is 0 Å². The molecule has 2 nitrogen and oxygen atoms in total. The lowest BCUT2D eigenvalue weighted by atomic mass is 9.76. The van der Waals surface area contributed by atoms with E-state index in [-0.39, 0.29) is 0 Å². The Balaban J connectivity index is 2.18. The van der Waals surface area contributed by atoms with Gasteiger partial charge in [-0.15, -0.1) is 0 Å². The minimum Gasteiger partial charge on any atom is -0.283 e. The van der Waals surface area contributed by atoms with E-state index in [1.54, 1.807) is 5.57 Å². The lowest BCUT2D eigenvalue weighted by molar-refractivity contribution is 0.378. The van der Waals surface area contributed by atoms with Crippen LogP contribution in [-0.4, -0.2) is 5.71 Å². The first-order valence-corrected chi connectivity index (χ1v) is 7.66. The molecule has 1 saturated carbocycles. The van der Waals surface area contributed by atoms with Crippen LogP contribution in [0, 0.1) is 17.8 Å². The molecule has 1 heterocycles. The number of hydrogen-bond donors (Lipinski definition) is 1. The summed E-state index contributed by atoms with van der Waals surface area (Å²) in [4.78, 5) is 0. The quantitative estimate of drug-likeness (QED) is 0.765. The van der Waals surface area contributed by atoms with E-state index in [0.717, 1.165) is 5.92 Å². The molecular formula is C16H28N2. The van der Waals surface area contributed by atoms with E-state index >= 15 is 0 Å². The predicted octanol–water partition coefficient (Wildman–Crippen LogP) is 4.48. The molecule has 0 aromatic heterocycles. The Hall–Kier alpha value is -0.790. The maximum Gasteiger partial charge on any atom is 0.0479 e. The zero-order valence-electron chi connectivity index (χ0n) is 12.4. The fourth-order valence-electron chi connectivity index (χ4n) is 3.48. The highest BCUT2D eigenvalue weighted by Crippen LogP contribution is 2.36. The Labute approximate surface area is 112 Å². The molecule has 0 spiro atoms. The third-order valence-electron chi connectivity index (χ3n) is 4.71. The largest absolute Gasteiger partial charge is 0.283 e. The summed E-state index contributed by atoms with van der Waals surface area (Å²) in [6.45, 7) is 9.08. The molecule has 0 aromatic rings. The Bertz CT molecular complexity index is 352. The fraction of sp³-hybridized carbons (Fsp3) is 0.812. The zero-order chi connectivity index (χ0) is 13.1. The van der Waals surface area contributed by atoms with Gasteiger partial charge in [-0.25, -0.2) is 0 Å². The van der Waals surface area contributed by atoms with Crippen LogP contribution in [0.5, 0.6) is 0 Å². The van der Waals surface area contributed by atoms with Gasteiger partial charge in [0.25, 0.3) is 0 Å². The Morgan fingerprint density at radius 1 is 1.28 bits per heavy atom. The number of hydrazone groups is 1. The van der Waals surface area contributed by atoms with Crippen molar-refractivity contribution in [2.75, 3.05) is 0 Å². The zero-order valence-corrected chi connectivity index (χ0v) is 12.4. The van der Waals surface area contributed by atoms with Gasteiger partial charge in [-0.3, -0.25) is 5.43 Å². The van der Waals surface area contributed by atoms with Crippen molar-refractivity contribution in [3.05, 3.63) is 11.3 Å². The Morgan fingerprint density at radius 3 is 2.72 bits per heavy atom. The highest BCUT2D eigenvalue weighted by atomic mass is 15.3. The molecule has 2 atom stereocenters. The molecule has 0 radical (unpaired) electrons. The van der Waals surface area contributed by atoms with Crippen molar-refractivity contribution in [1.29, 1.82) is 0 Å². The van der Waals surface area contributed by atoms with Crippen LogP contribution in [0.1, 0.15) is 66.2 Å². The summed E-state index contributed by atoms with van der Waals surface area (Å²) < 4.78 is 0. The van der Waals surface area contributed by atoms with Gasteiger partial charge < -0.3 is 0 Å². The smallest absolute Gasteiger partial charge is 0.0479 e. The molecule has 18 heavy (non-hydrogen) atoms. The molecule has 0 bridgehead atoms. The second-order valence-electron chi connectivity index (χ2n) is 6.25. The monoisotopic (exact) mass is 248 g/mol. The van der Waals surface area contributed by atoms with Crippen LogP contribution in [0.25, 0.3) is 0 Å². The first kappa shape index (κ1) is 13.6. The molecule has 2 heteroatoms. The van der Waals surface area contributed by atoms with Crippen molar-refractivity contribution in [3.8, 4) is 0 Å². The van der Waals surface area contributed by atoms with E-state index in [1.165, 1.54) is 49.9 Å². The minimum absolute atomic E-state index is 0.562. The van der Waals surface area contributed by atoms with Gasteiger partial charge in [0.15, 0.2) is 0 Å². The fourth-order valence-corrected chi connectivity index (χ4v) is 3.48. The van der Waals surface area contributed by atoms with Crippen LogP contribution >= 0.6 is 0 Å². The van der Waals surface area contributed by atoms with Gasteiger partial charge in [-0.05, 0) is 43.6 Å².